The van der Waals surface area contributed by atoms with Gasteiger partial charge in [-0.05, 0) is 142 Å². The van der Waals surface area contributed by atoms with Crippen molar-refractivity contribution in [3.63, 3.8) is 0 Å². The third-order valence-corrected chi connectivity index (χ3v) is 9.13. The predicted molar refractivity (Wildman–Crippen MR) is 187 cm³/mol. The Morgan fingerprint density at radius 2 is 1.06 bits per heavy atom. The Morgan fingerprint density at radius 1 is 0.680 bits per heavy atom. The SMILES string of the molecule is CC(C)(C)OC(=O)N1CCC(C(O)(c2ccc(F)cc2)c2ccc(F)cc2)CC1.Fc1ccc(C(=C2CCNCC2)c2ccc(F)cc2)cc1. The van der Waals surface area contributed by atoms with Gasteiger partial charge >= 0.3 is 6.09 Å². The van der Waals surface area contributed by atoms with Crippen LogP contribution in [0.3, 0.4) is 0 Å². The Labute approximate surface area is 291 Å². The maximum Gasteiger partial charge on any atom is 0.410 e. The molecule has 0 atom stereocenters. The normalized spacial score (nSPS) is 15.6. The smallest absolute Gasteiger partial charge is 0.410 e. The van der Waals surface area contributed by atoms with Crippen LogP contribution in [0.4, 0.5) is 22.4 Å². The van der Waals surface area contributed by atoms with E-state index < -0.39 is 22.8 Å². The van der Waals surface area contributed by atoms with Crippen molar-refractivity contribution in [3.05, 3.63) is 148 Å². The second kappa shape index (κ2) is 16.0. The summed E-state index contributed by atoms with van der Waals surface area (Å²) < 4.78 is 58.7. The van der Waals surface area contributed by atoms with Gasteiger partial charge in [0.2, 0.25) is 0 Å². The van der Waals surface area contributed by atoms with E-state index in [4.69, 9.17) is 4.74 Å². The van der Waals surface area contributed by atoms with Crippen LogP contribution in [-0.2, 0) is 10.3 Å². The fraction of sp³-hybridized carbons (Fsp3) is 0.341. The minimum absolute atomic E-state index is 0.225. The quantitative estimate of drug-likeness (QED) is 0.206. The van der Waals surface area contributed by atoms with Crippen molar-refractivity contribution in [2.45, 2.75) is 57.7 Å². The molecule has 5 nitrogen and oxygen atoms in total. The zero-order chi connectivity index (χ0) is 35.9. The molecule has 9 heteroatoms. The van der Waals surface area contributed by atoms with E-state index in [9.17, 15) is 27.5 Å². The monoisotopic (exact) mass is 688 g/mol. The Morgan fingerprint density at radius 3 is 1.44 bits per heavy atom. The number of hydrogen-bond acceptors (Lipinski definition) is 4. The van der Waals surface area contributed by atoms with Gasteiger partial charge in [-0.3, -0.25) is 0 Å². The van der Waals surface area contributed by atoms with Crippen molar-refractivity contribution in [2.24, 2.45) is 5.92 Å². The molecule has 0 spiro atoms. The van der Waals surface area contributed by atoms with E-state index in [0.717, 1.165) is 42.6 Å². The van der Waals surface area contributed by atoms with Gasteiger partial charge in [-0.1, -0.05) is 54.1 Å². The summed E-state index contributed by atoms with van der Waals surface area (Å²) in [6.45, 7) is 8.22. The summed E-state index contributed by atoms with van der Waals surface area (Å²) in [6.07, 6.45) is 2.62. The van der Waals surface area contributed by atoms with Crippen molar-refractivity contribution in [1.82, 2.24) is 10.2 Å². The van der Waals surface area contributed by atoms with Crippen LogP contribution in [0.25, 0.3) is 5.57 Å². The molecule has 2 fully saturated rings. The molecule has 0 saturated carbocycles. The molecule has 6 rings (SSSR count). The minimum Gasteiger partial charge on any atom is -0.444 e. The second-order valence-electron chi connectivity index (χ2n) is 13.8. The summed E-state index contributed by atoms with van der Waals surface area (Å²) in [5.74, 6) is -1.50. The van der Waals surface area contributed by atoms with Gasteiger partial charge in [-0.25, -0.2) is 22.4 Å². The predicted octanol–water partition coefficient (Wildman–Crippen LogP) is 9.00. The molecule has 0 aromatic heterocycles. The van der Waals surface area contributed by atoms with E-state index in [0.29, 0.717) is 37.1 Å². The van der Waals surface area contributed by atoms with E-state index >= 15 is 0 Å². The fourth-order valence-corrected chi connectivity index (χ4v) is 6.64. The van der Waals surface area contributed by atoms with Crippen LogP contribution in [0.15, 0.2) is 103 Å². The maximum atomic E-state index is 13.5. The van der Waals surface area contributed by atoms with Crippen molar-refractivity contribution < 1.29 is 32.2 Å². The zero-order valence-electron chi connectivity index (χ0n) is 28.7. The van der Waals surface area contributed by atoms with Crippen LogP contribution < -0.4 is 5.32 Å². The summed E-state index contributed by atoms with van der Waals surface area (Å²) in [7, 11) is 0. The number of ether oxygens (including phenoxy) is 1. The molecule has 0 bridgehead atoms. The number of benzene rings is 4. The lowest BCUT2D eigenvalue weighted by Gasteiger charge is -2.42. The third kappa shape index (κ3) is 9.20. The fourth-order valence-electron chi connectivity index (χ4n) is 6.64. The lowest BCUT2D eigenvalue weighted by Crippen LogP contribution is -2.47. The average Bonchev–Trinajstić information content (AvgIpc) is 3.10. The summed E-state index contributed by atoms with van der Waals surface area (Å²) in [5.41, 5.74) is 3.52. The lowest BCUT2D eigenvalue weighted by atomic mass is 9.72. The van der Waals surface area contributed by atoms with Crippen LogP contribution in [0.1, 0.15) is 68.7 Å². The van der Waals surface area contributed by atoms with Crippen LogP contribution in [0.2, 0.25) is 0 Å². The molecule has 1 amide bonds. The van der Waals surface area contributed by atoms with Crippen molar-refractivity contribution in [2.75, 3.05) is 26.2 Å². The summed E-state index contributed by atoms with van der Waals surface area (Å²) >= 11 is 0. The van der Waals surface area contributed by atoms with Crippen molar-refractivity contribution in [3.8, 4) is 0 Å². The van der Waals surface area contributed by atoms with Crippen LogP contribution in [0.5, 0.6) is 0 Å². The molecule has 0 unspecified atom stereocenters. The molecule has 2 aliphatic rings. The molecule has 50 heavy (non-hydrogen) atoms. The Hall–Kier alpha value is -4.47. The Balaban J connectivity index is 0.000000204. The van der Waals surface area contributed by atoms with Crippen LogP contribution >= 0.6 is 0 Å². The average molecular weight is 689 g/mol. The van der Waals surface area contributed by atoms with Crippen molar-refractivity contribution in [1.29, 1.82) is 0 Å². The zero-order valence-corrected chi connectivity index (χ0v) is 28.7. The molecule has 2 heterocycles. The molecular formula is C41H44F4N2O3. The van der Waals surface area contributed by atoms with Gasteiger partial charge in [0.25, 0.3) is 0 Å². The third-order valence-electron chi connectivity index (χ3n) is 9.13. The molecular weight excluding hydrogens is 644 g/mol. The standard InChI is InChI=1S/C23H27F2NO3.C18H17F2N/c1-22(2,3)29-21(27)26-14-12-18(13-15-26)23(28,16-4-8-19(24)9-5-16)17-6-10-20(25)11-7-17;19-16-5-1-13(2-6-16)18(15-9-11-21-12-10-15)14-3-7-17(20)8-4-14/h4-11,18,28H,12-15H2,1-3H3;1-8,21H,9-12H2. The molecule has 0 aliphatic carbocycles. The van der Waals surface area contributed by atoms with E-state index in [2.05, 4.69) is 5.32 Å². The van der Waals surface area contributed by atoms with E-state index in [1.165, 1.54) is 54.1 Å². The summed E-state index contributed by atoms with van der Waals surface area (Å²) in [6, 6.07) is 24.5. The minimum atomic E-state index is -1.42. The first kappa shape index (κ1) is 36.8. The number of amides is 1. The topological polar surface area (TPSA) is 61.8 Å². The number of carbonyl (C=O) groups excluding carboxylic acids is 1. The first-order chi connectivity index (χ1) is 23.8. The number of carbonyl (C=O) groups is 1. The largest absolute Gasteiger partial charge is 0.444 e. The number of halogens is 4. The van der Waals surface area contributed by atoms with E-state index in [1.54, 1.807) is 53.4 Å². The highest BCUT2D eigenvalue weighted by Crippen LogP contribution is 2.42. The number of likely N-dealkylation sites (tertiary alicyclic amines) is 1. The highest BCUT2D eigenvalue weighted by molar-refractivity contribution is 5.82. The molecule has 2 saturated heterocycles. The first-order valence-electron chi connectivity index (χ1n) is 17.0. The van der Waals surface area contributed by atoms with Crippen LogP contribution in [-0.4, -0.2) is 47.9 Å². The van der Waals surface area contributed by atoms with Gasteiger partial charge in [0.15, 0.2) is 0 Å². The molecule has 2 aliphatic heterocycles. The van der Waals surface area contributed by atoms with E-state index in [-0.39, 0.29) is 23.6 Å². The molecule has 264 valence electrons. The highest BCUT2D eigenvalue weighted by Gasteiger charge is 2.42. The molecule has 0 radical (unpaired) electrons. The molecule has 4 aromatic carbocycles. The number of nitrogens with zero attached hydrogens (tertiary/aromatic N) is 1. The Kier molecular flexibility index (Phi) is 11.8. The highest BCUT2D eigenvalue weighted by atomic mass is 19.1. The van der Waals surface area contributed by atoms with Crippen LogP contribution in [0, 0.1) is 29.2 Å². The number of rotatable bonds is 5. The summed E-state index contributed by atoms with van der Waals surface area (Å²) in [5, 5.41) is 15.1. The number of nitrogens with one attached hydrogen (secondary N) is 1. The maximum absolute atomic E-state index is 13.5. The van der Waals surface area contributed by atoms with Gasteiger partial charge in [0.05, 0.1) is 0 Å². The first-order valence-corrected chi connectivity index (χ1v) is 17.0. The van der Waals surface area contributed by atoms with Gasteiger partial charge in [0.1, 0.15) is 34.5 Å². The summed E-state index contributed by atoms with van der Waals surface area (Å²) in [4.78, 5) is 14.0. The number of aliphatic hydroxyl groups is 1. The van der Waals surface area contributed by atoms with Gasteiger partial charge in [-0.2, -0.15) is 0 Å². The Bertz CT molecular complexity index is 1640. The van der Waals surface area contributed by atoms with E-state index in [1.807, 2.05) is 20.8 Å². The number of hydrogen-bond donors (Lipinski definition) is 2. The number of piperidine rings is 2. The van der Waals surface area contributed by atoms with Gasteiger partial charge in [-0.15, -0.1) is 0 Å². The van der Waals surface area contributed by atoms with Gasteiger partial charge < -0.3 is 20.1 Å². The second-order valence-corrected chi connectivity index (χ2v) is 13.8. The van der Waals surface area contributed by atoms with Crippen molar-refractivity contribution >= 4 is 11.7 Å². The molecule has 4 aromatic rings. The molecule has 2 N–H and O–H groups in total. The van der Waals surface area contributed by atoms with Gasteiger partial charge in [0, 0.05) is 13.1 Å². The lowest BCUT2D eigenvalue weighted by molar-refractivity contribution is -0.0238.